The summed E-state index contributed by atoms with van der Waals surface area (Å²) < 4.78 is 11.7. The van der Waals surface area contributed by atoms with Crippen LogP contribution in [0.1, 0.15) is 10.4 Å². The number of ether oxygens (including phenoxy) is 2. The van der Waals surface area contributed by atoms with Crippen LogP contribution in [0.5, 0.6) is 5.75 Å². The summed E-state index contributed by atoms with van der Waals surface area (Å²) in [6.07, 6.45) is 1.69. The molecule has 0 radical (unpaired) electrons. The van der Waals surface area contributed by atoms with Gasteiger partial charge in [-0.25, -0.2) is 4.79 Å². The lowest BCUT2D eigenvalue weighted by molar-refractivity contribution is 0.0601. The number of esters is 1. The van der Waals surface area contributed by atoms with Gasteiger partial charge in [0.05, 0.1) is 24.9 Å². The van der Waals surface area contributed by atoms with E-state index in [0.717, 1.165) is 0 Å². The van der Waals surface area contributed by atoms with Crippen LogP contribution in [0.25, 0.3) is 0 Å². The van der Waals surface area contributed by atoms with Gasteiger partial charge in [0, 0.05) is 12.3 Å². The lowest BCUT2D eigenvalue weighted by Gasteiger charge is -2.10. The molecular weight excluding hydrogens is 272 g/mol. The van der Waals surface area contributed by atoms with E-state index in [-0.39, 0.29) is 5.56 Å². The highest BCUT2D eigenvalue weighted by Gasteiger charge is 2.08. The number of aromatic nitrogens is 1. The molecule has 110 valence electrons. The number of methoxy groups -OCH3 is 1. The number of nitrogens with two attached hydrogens (primary N) is 1. The molecule has 0 saturated carbocycles. The maximum Gasteiger partial charge on any atom is 0.337 e. The highest BCUT2D eigenvalue weighted by Crippen LogP contribution is 2.22. The number of hydrogen-bond acceptors (Lipinski definition) is 5. The number of pyridine rings is 1. The standard InChI is InChI=1S/C15H16N2O4/c1-20-15(19)11-5-6-13(12(16)10-11)21-9-8-17-7-3-2-4-14(17)18/h2-7,10H,8-9,16H2,1H3. The predicted molar refractivity (Wildman–Crippen MR) is 78.4 cm³/mol. The van der Waals surface area contributed by atoms with Crippen molar-refractivity contribution in [1.82, 2.24) is 4.57 Å². The van der Waals surface area contributed by atoms with E-state index in [0.29, 0.717) is 30.2 Å². The summed E-state index contributed by atoms with van der Waals surface area (Å²) in [5, 5.41) is 0. The number of benzene rings is 1. The van der Waals surface area contributed by atoms with Gasteiger partial charge in [-0.3, -0.25) is 4.79 Å². The molecule has 0 aliphatic rings. The van der Waals surface area contributed by atoms with Gasteiger partial charge in [-0.05, 0) is 24.3 Å². The number of anilines is 1. The Labute approximate surface area is 121 Å². The van der Waals surface area contributed by atoms with E-state index in [2.05, 4.69) is 4.74 Å². The van der Waals surface area contributed by atoms with E-state index in [1.165, 1.54) is 19.2 Å². The van der Waals surface area contributed by atoms with Gasteiger partial charge in [0.15, 0.2) is 0 Å². The SMILES string of the molecule is COC(=O)c1ccc(OCCn2ccccc2=O)c(N)c1. The zero-order chi connectivity index (χ0) is 15.2. The number of nitrogens with zero attached hydrogens (tertiary/aromatic N) is 1. The minimum atomic E-state index is -0.455. The van der Waals surface area contributed by atoms with Crippen molar-refractivity contribution in [3.05, 3.63) is 58.5 Å². The van der Waals surface area contributed by atoms with Gasteiger partial charge in [-0.2, -0.15) is 0 Å². The van der Waals surface area contributed by atoms with E-state index in [4.69, 9.17) is 10.5 Å². The van der Waals surface area contributed by atoms with Crippen LogP contribution in [-0.2, 0) is 11.3 Å². The van der Waals surface area contributed by atoms with Gasteiger partial charge in [-0.1, -0.05) is 6.07 Å². The van der Waals surface area contributed by atoms with Crippen LogP contribution >= 0.6 is 0 Å². The van der Waals surface area contributed by atoms with Crippen molar-refractivity contribution in [2.24, 2.45) is 0 Å². The van der Waals surface area contributed by atoms with Crippen molar-refractivity contribution >= 4 is 11.7 Å². The van der Waals surface area contributed by atoms with Crippen LogP contribution in [0.4, 0.5) is 5.69 Å². The second kappa shape index (κ2) is 6.60. The van der Waals surface area contributed by atoms with Crippen molar-refractivity contribution in [3.8, 4) is 5.75 Å². The molecule has 1 aromatic heterocycles. The molecule has 0 bridgehead atoms. The molecule has 0 unspecified atom stereocenters. The first-order valence-corrected chi connectivity index (χ1v) is 6.38. The molecule has 0 spiro atoms. The summed E-state index contributed by atoms with van der Waals surface area (Å²) >= 11 is 0. The molecule has 2 N–H and O–H groups in total. The van der Waals surface area contributed by atoms with Crippen molar-refractivity contribution in [1.29, 1.82) is 0 Å². The fourth-order valence-corrected chi connectivity index (χ4v) is 1.82. The third kappa shape index (κ3) is 3.62. The Morgan fingerprint density at radius 2 is 2.10 bits per heavy atom. The fourth-order valence-electron chi connectivity index (χ4n) is 1.82. The minimum Gasteiger partial charge on any atom is -0.490 e. The quantitative estimate of drug-likeness (QED) is 0.662. The molecule has 2 rings (SSSR count). The summed E-state index contributed by atoms with van der Waals surface area (Å²) in [7, 11) is 1.31. The first-order chi connectivity index (χ1) is 10.1. The number of hydrogen-bond donors (Lipinski definition) is 1. The van der Waals surface area contributed by atoms with Crippen LogP contribution in [0.15, 0.2) is 47.4 Å². The van der Waals surface area contributed by atoms with Crippen LogP contribution in [0.2, 0.25) is 0 Å². The first kappa shape index (κ1) is 14.6. The van der Waals surface area contributed by atoms with E-state index < -0.39 is 5.97 Å². The van der Waals surface area contributed by atoms with Crippen molar-refractivity contribution in [3.63, 3.8) is 0 Å². The van der Waals surface area contributed by atoms with Crippen LogP contribution in [0.3, 0.4) is 0 Å². The number of rotatable bonds is 5. The largest absolute Gasteiger partial charge is 0.490 e. The number of nitrogen functional groups attached to an aromatic ring is 1. The van der Waals surface area contributed by atoms with Gasteiger partial charge in [-0.15, -0.1) is 0 Å². The topological polar surface area (TPSA) is 83.5 Å². The monoisotopic (exact) mass is 288 g/mol. The van der Waals surface area contributed by atoms with Crippen molar-refractivity contribution in [2.45, 2.75) is 6.54 Å². The molecule has 1 heterocycles. The summed E-state index contributed by atoms with van der Waals surface area (Å²) in [4.78, 5) is 22.9. The highest BCUT2D eigenvalue weighted by atomic mass is 16.5. The Balaban J connectivity index is 1.99. The van der Waals surface area contributed by atoms with Crippen molar-refractivity contribution < 1.29 is 14.3 Å². The molecule has 6 nitrogen and oxygen atoms in total. The second-order valence-electron chi connectivity index (χ2n) is 4.32. The summed E-state index contributed by atoms with van der Waals surface area (Å²) in [5.74, 6) is 0.00993. The maximum absolute atomic E-state index is 11.5. The molecule has 0 aliphatic heterocycles. The molecule has 0 amide bonds. The average Bonchev–Trinajstić information content (AvgIpc) is 2.50. The highest BCUT2D eigenvalue weighted by molar-refractivity contribution is 5.90. The van der Waals surface area contributed by atoms with E-state index >= 15 is 0 Å². The third-order valence-electron chi connectivity index (χ3n) is 2.92. The molecule has 1 aromatic carbocycles. The molecule has 0 fully saturated rings. The lowest BCUT2D eigenvalue weighted by atomic mass is 10.2. The molecule has 0 saturated heterocycles. The Morgan fingerprint density at radius 3 is 2.76 bits per heavy atom. The molecular formula is C15H16N2O4. The molecule has 6 heteroatoms. The maximum atomic E-state index is 11.5. The Bertz CT molecular complexity index is 694. The zero-order valence-corrected chi connectivity index (χ0v) is 11.6. The van der Waals surface area contributed by atoms with Crippen LogP contribution < -0.4 is 16.0 Å². The molecule has 0 atom stereocenters. The van der Waals surface area contributed by atoms with E-state index in [9.17, 15) is 9.59 Å². The molecule has 21 heavy (non-hydrogen) atoms. The zero-order valence-electron chi connectivity index (χ0n) is 11.6. The van der Waals surface area contributed by atoms with Gasteiger partial charge >= 0.3 is 5.97 Å². The number of carbonyl (C=O) groups excluding carboxylic acids is 1. The van der Waals surface area contributed by atoms with Crippen LogP contribution in [-0.4, -0.2) is 24.3 Å². The van der Waals surface area contributed by atoms with Crippen molar-refractivity contribution in [2.75, 3.05) is 19.5 Å². The van der Waals surface area contributed by atoms with Gasteiger partial charge in [0.2, 0.25) is 0 Å². The van der Waals surface area contributed by atoms with E-state index in [1.807, 2.05) is 0 Å². The summed E-state index contributed by atoms with van der Waals surface area (Å²) in [5.41, 5.74) is 6.44. The summed E-state index contributed by atoms with van der Waals surface area (Å²) in [6, 6.07) is 9.63. The van der Waals surface area contributed by atoms with Crippen LogP contribution in [0, 0.1) is 0 Å². The lowest BCUT2D eigenvalue weighted by Crippen LogP contribution is -2.21. The smallest absolute Gasteiger partial charge is 0.337 e. The number of carbonyl (C=O) groups is 1. The Hall–Kier alpha value is -2.76. The molecule has 2 aromatic rings. The second-order valence-corrected chi connectivity index (χ2v) is 4.32. The molecule has 0 aliphatic carbocycles. The average molecular weight is 288 g/mol. The van der Waals surface area contributed by atoms with E-state index in [1.54, 1.807) is 35.0 Å². The summed E-state index contributed by atoms with van der Waals surface area (Å²) in [6.45, 7) is 0.712. The first-order valence-electron chi connectivity index (χ1n) is 6.38. The normalized spacial score (nSPS) is 10.1. The third-order valence-corrected chi connectivity index (χ3v) is 2.92. The van der Waals surface area contributed by atoms with Gasteiger partial charge in [0.25, 0.3) is 5.56 Å². The Morgan fingerprint density at radius 1 is 1.29 bits per heavy atom. The van der Waals surface area contributed by atoms with Gasteiger partial charge in [0.1, 0.15) is 12.4 Å². The Kier molecular flexibility index (Phi) is 4.61. The minimum absolute atomic E-state index is 0.0879. The fraction of sp³-hybridized carbons (Fsp3) is 0.200. The predicted octanol–water partition coefficient (Wildman–Crippen LogP) is 1.30. The van der Waals surface area contributed by atoms with Gasteiger partial charge < -0.3 is 19.8 Å².